The quantitative estimate of drug-likeness (QED) is 0.376. The number of nitrogens with one attached hydrogen (secondary N) is 1. The van der Waals surface area contributed by atoms with Gasteiger partial charge >= 0.3 is 12.1 Å². The molecular formula is C27H25F4N7O. The van der Waals surface area contributed by atoms with Crippen LogP contribution in [0.25, 0.3) is 17.0 Å². The predicted molar refractivity (Wildman–Crippen MR) is 137 cm³/mol. The Labute approximate surface area is 221 Å². The second-order valence-electron chi connectivity index (χ2n) is 9.80. The van der Waals surface area contributed by atoms with Crippen LogP contribution in [-0.2, 0) is 4.79 Å². The van der Waals surface area contributed by atoms with Gasteiger partial charge in [0.25, 0.3) is 0 Å². The fourth-order valence-corrected chi connectivity index (χ4v) is 5.39. The Morgan fingerprint density at radius 1 is 1.00 bits per heavy atom. The lowest BCUT2D eigenvalue weighted by Gasteiger charge is -2.26. The molecule has 5 heterocycles. The molecule has 0 radical (unpaired) electrons. The SMILES string of the molecule is O=C(N[C@H]1CCN(c2cccc(-c3cnc4ccc(N5CCCC5c5cccc(F)c5)nn34)n2)C1)C(F)(F)F. The summed E-state index contributed by atoms with van der Waals surface area (Å²) in [4.78, 5) is 24.6. The largest absolute Gasteiger partial charge is 0.471 e. The summed E-state index contributed by atoms with van der Waals surface area (Å²) >= 11 is 0. The van der Waals surface area contributed by atoms with Crippen LogP contribution >= 0.6 is 0 Å². The van der Waals surface area contributed by atoms with E-state index < -0.39 is 18.1 Å². The molecule has 0 aliphatic carbocycles. The van der Waals surface area contributed by atoms with Gasteiger partial charge in [-0.3, -0.25) is 4.79 Å². The topological polar surface area (TPSA) is 78.7 Å². The van der Waals surface area contributed by atoms with Gasteiger partial charge in [-0.25, -0.2) is 18.9 Å². The molecular weight excluding hydrogens is 514 g/mol. The van der Waals surface area contributed by atoms with Crippen LogP contribution in [0.5, 0.6) is 0 Å². The molecule has 1 aromatic carbocycles. The van der Waals surface area contributed by atoms with Crippen molar-refractivity contribution >= 4 is 23.2 Å². The first kappa shape index (κ1) is 25.1. The minimum atomic E-state index is -4.91. The number of nitrogens with zero attached hydrogens (tertiary/aromatic N) is 6. The summed E-state index contributed by atoms with van der Waals surface area (Å²) in [6, 6.07) is 15.3. The van der Waals surface area contributed by atoms with E-state index in [1.54, 1.807) is 28.9 Å². The Morgan fingerprint density at radius 3 is 2.67 bits per heavy atom. The number of pyridine rings is 1. The third-order valence-electron chi connectivity index (χ3n) is 7.23. The van der Waals surface area contributed by atoms with Gasteiger partial charge in [-0.2, -0.15) is 13.2 Å². The van der Waals surface area contributed by atoms with E-state index in [1.807, 2.05) is 35.2 Å². The highest BCUT2D eigenvalue weighted by Gasteiger charge is 2.40. The summed E-state index contributed by atoms with van der Waals surface area (Å²) in [5.41, 5.74) is 2.82. The second-order valence-corrected chi connectivity index (χ2v) is 9.80. The Balaban J connectivity index is 1.25. The van der Waals surface area contributed by atoms with Crippen molar-refractivity contribution in [2.24, 2.45) is 0 Å². The van der Waals surface area contributed by atoms with E-state index in [-0.39, 0.29) is 18.4 Å². The van der Waals surface area contributed by atoms with Crippen molar-refractivity contribution in [2.75, 3.05) is 29.4 Å². The third-order valence-corrected chi connectivity index (χ3v) is 7.23. The van der Waals surface area contributed by atoms with Crippen molar-refractivity contribution in [3.8, 4) is 11.4 Å². The first-order valence-electron chi connectivity index (χ1n) is 12.7. The molecule has 0 saturated carbocycles. The Bertz CT molecular complexity index is 1520. The minimum Gasteiger partial charge on any atom is -0.354 e. The van der Waals surface area contributed by atoms with Gasteiger partial charge in [0.15, 0.2) is 5.65 Å². The molecule has 8 nitrogen and oxygen atoms in total. The molecule has 39 heavy (non-hydrogen) atoms. The van der Waals surface area contributed by atoms with Gasteiger partial charge < -0.3 is 15.1 Å². The summed E-state index contributed by atoms with van der Waals surface area (Å²) < 4.78 is 53.6. The van der Waals surface area contributed by atoms with Crippen LogP contribution in [0.3, 0.4) is 0 Å². The number of hydrogen-bond donors (Lipinski definition) is 1. The lowest BCUT2D eigenvalue weighted by atomic mass is 10.0. The average Bonchev–Trinajstić information content (AvgIpc) is 3.67. The molecule has 4 aromatic rings. The first-order valence-corrected chi connectivity index (χ1v) is 12.7. The van der Waals surface area contributed by atoms with Gasteiger partial charge in [-0.05, 0) is 61.2 Å². The summed E-state index contributed by atoms with van der Waals surface area (Å²) in [7, 11) is 0. The van der Waals surface area contributed by atoms with Crippen molar-refractivity contribution in [3.05, 3.63) is 72.2 Å². The first-order chi connectivity index (χ1) is 18.8. The molecule has 2 aliphatic rings. The minimum absolute atomic E-state index is 0.0139. The Morgan fingerprint density at radius 2 is 1.85 bits per heavy atom. The number of carbonyl (C=O) groups is 1. The summed E-state index contributed by atoms with van der Waals surface area (Å²) in [5.74, 6) is -0.862. The molecule has 1 amide bonds. The zero-order chi connectivity index (χ0) is 27.1. The van der Waals surface area contributed by atoms with E-state index in [9.17, 15) is 22.4 Å². The molecule has 12 heteroatoms. The summed E-state index contributed by atoms with van der Waals surface area (Å²) in [6.45, 7) is 1.48. The van der Waals surface area contributed by atoms with Gasteiger partial charge in [0.05, 0.1) is 17.9 Å². The average molecular weight is 540 g/mol. The van der Waals surface area contributed by atoms with Gasteiger partial charge in [-0.15, -0.1) is 5.10 Å². The molecule has 2 fully saturated rings. The van der Waals surface area contributed by atoms with Crippen LogP contribution in [0, 0.1) is 5.82 Å². The highest BCUT2D eigenvalue weighted by Crippen LogP contribution is 2.36. The van der Waals surface area contributed by atoms with Crippen LogP contribution in [0.15, 0.2) is 60.8 Å². The van der Waals surface area contributed by atoms with Crippen molar-refractivity contribution < 1.29 is 22.4 Å². The normalized spacial score (nSPS) is 19.7. The standard InChI is InChI=1S/C27H25F4N7O/c28-18-5-1-4-17(14-18)21-7-3-12-37(21)25-10-9-23-32-15-22(38(23)35-25)20-6-2-8-24(34-20)36-13-11-19(16-36)33-26(39)27(29,30)31/h1-2,4-6,8-10,14-15,19,21H,3,7,11-13,16H2,(H,33,39)/t19-,21?/m0/s1. The molecule has 1 unspecified atom stereocenters. The molecule has 6 rings (SSSR count). The molecule has 2 aliphatic heterocycles. The molecule has 2 saturated heterocycles. The maximum Gasteiger partial charge on any atom is 0.471 e. The zero-order valence-electron chi connectivity index (χ0n) is 20.8. The van der Waals surface area contributed by atoms with Crippen molar-refractivity contribution in [1.29, 1.82) is 0 Å². The van der Waals surface area contributed by atoms with E-state index in [0.29, 0.717) is 35.8 Å². The number of hydrogen-bond acceptors (Lipinski definition) is 6. The Kier molecular flexibility index (Phi) is 6.32. The monoisotopic (exact) mass is 539 g/mol. The number of anilines is 2. The second kappa shape index (κ2) is 9.83. The summed E-state index contributed by atoms with van der Waals surface area (Å²) in [5, 5.41) is 6.92. The van der Waals surface area contributed by atoms with Crippen LogP contribution in [0.4, 0.5) is 29.2 Å². The van der Waals surface area contributed by atoms with Crippen LogP contribution in [0.2, 0.25) is 0 Å². The molecule has 0 spiro atoms. The predicted octanol–water partition coefficient (Wildman–Crippen LogP) is 4.53. The molecule has 0 bridgehead atoms. The number of imidazole rings is 1. The van der Waals surface area contributed by atoms with Crippen molar-refractivity contribution in [3.63, 3.8) is 0 Å². The van der Waals surface area contributed by atoms with E-state index >= 15 is 0 Å². The molecule has 3 aromatic heterocycles. The smallest absolute Gasteiger partial charge is 0.354 e. The number of carbonyl (C=O) groups excluding carboxylic acids is 1. The Hall–Kier alpha value is -4.22. The molecule has 2 atom stereocenters. The van der Waals surface area contributed by atoms with E-state index in [1.165, 1.54) is 6.07 Å². The fourth-order valence-electron chi connectivity index (χ4n) is 5.39. The maximum atomic E-state index is 13.9. The fraction of sp³-hybridized carbons (Fsp3) is 0.333. The third kappa shape index (κ3) is 4.98. The number of aromatic nitrogens is 4. The van der Waals surface area contributed by atoms with Gasteiger partial charge in [0.1, 0.15) is 23.1 Å². The number of fused-ring (bicyclic) bond motifs is 1. The van der Waals surface area contributed by atoms with Gasteiger partial charge in [0.2, 0.25) is 0 Å². The zero-order valence-corrected chi connectivity index (χ0v) is 20.8. The van der Waals surface area contributed by atoms with Crippen LogP contribution in [0.1, 0.15) is 30.9 Å². The lowest BCUT2D eigenvalue weighted by Crippen LogP contribution is -2.44. The molecule has 202 valence electrons. The van der Waals surface area contributed by atoms with E-state index in [0.717, 1.165) is 30.8 Å². The lowest BCUT2D eigenvalue weighted by molar-refractivity contribution is -0.174. The highest BCUT2D eigenvalue weighted by molar-refractivity contribution is 5.82. The van der Waals surface area contributed by atoms with Gasteiger partial charge in [-0.1, -0.05) is 18.2 Å². The number of halogens is 4. The van der Waals surface area contributed by atoms with E-state index in [2.05, 4.69) is 15.2 Å². The maximum absolute atomic E-state index is 13.9. The van der Waals surface area contributed by atoms with Crippen LogP contribution < -0.4 is 15.1 Å². The number of alkyl halides is 3. The molecule has 1 N–H and O–H groups in total. The number of benzene rings is 1. The van der Waals surface area contributed by atoms with E-state index in [4.69, 9.17) is 10.1 Å². The van der Waals surface area contributed by atoms with Crippen molar-refractivity contribution in [2.45, 2.75) is 37.5 Å². The number of amides is 1. The van der Waals surface area contributed by atoms with Crippen molar-refractivity contribution in [1.82, 2.24) is 24.9 Å². The highest BCUT2D eigenvalue weighted by atomic mass is 19.4. The summed E-state index contributed by atoms with van der Waals surface area (Å²) in [6.07, 6.45) is -0.989. The van der Waals surface area contributed by atoms with Gasteiger partial charge in [0, 0.05) is 25.7 Å². The van der Waals surface area contributed by atoms with Crippen LogP contribution in [-0.4, -0.2) is 57.3 Å². The number of rotatable bonds is 5.